The summed E-state index contributed by atoms with van der Waals surface area (Å²) in [5.41, 5.74) is 0.109. The second-order valence-electron chi connectivity index (χ2n) is 6.63. The standard InChI is InChI=1S/C15H22OP.Li/c1-14(2,3)13-16-11-9-7-8-10-12(11)17(13)15(4,5)6;/h7-10H,1-6H3;/q-1;+1. The first-order chi connectivity index (χ1) is 7.71. The summed E-state index contributed by atoms with van der Waals surface area (Å²) in [6.07, 6.45) is 0. The molecule has 0 N–H and O–H groups in total. The molecule has 1 unspecified atom stereocenters. The van der Waals surface area contributed by atoms with Crippen LogP contribution in [0.3, 0.4) is 0 Å². The molecule has 0 amide bonds. The molecule has 0 saturated heterocycles. The summed E-state index contributed by atoms with van der Waals surface area (Å²) in [4.78, 5) is 0. The Morgan fingerprint density at radius 2 is 1.56 bits per heavy atom. The van der Waals surface area contributed by atoms with E-state index in [0.29, 0.717) is 0 Å². The summed E-state index contributed by atoms with van der Waals surface area (Å²) < 4.78 is 6.16. The topological polar surface area (TPSA) is 9.23 Å². The zero-order valence-electron chi connectivity index (χ0n) is 12.7. The van der Waals surface area contributed by atoms with Crippen molar-refractivity contribution in [3.05, 3.63) is 30.1 Å². The first-order valence-electron chi connectivity index (χ1n) is 6.16. The fraction of sp³-hybridized carbons (Fsp3) is 0.533. The number of benzene rings is 1. The van der Waals surface area contributed by atoms with Crippen molar-refractivity contribution in [2.45, 2.75) is 46.7 Å². The maximum absolute atomic E-state index is 6.16. The molecule has 1 heterocycles. The van der Waals surface area contributed by atoms with Crippen LogP contribution < -0.4 is 28.9 Å². The minimum Gasteiger partial charge on any atom is -0.653 e. The molecule has 1 aliphatic heterocycles. The van der Waals surface area contributed by atoms with E-state index in [9.17, 15) is 0 Å². The van der Waals surface area contributed by atoms with Crippen molar-refractivity contribution in [3.8, 4) is 5.75 Å². The quantitative estimate of drug-likeness (QED) is 0.388. The monoisotopic (exact) mass is 256 g/mol. The molecule has 0 radical (unpaired) electrons. The summed E-state index contributed by atoms with van der Waals surface area (Å²) in [6.45, 7) is 13.7. The predicted octanol–water partition coefficient (Wildman–Crippen LogP) is 1.52. The van der Waals surface area contributed by atoms with Gasteiger partial charge in [0.2, 0.25) is 0 Å². The molecule has 1 atom stereocenters. The first kappa shape index (κ1) is 16.1. The van der Waals surface area contributed by atoms with Crippen molar-refractivity contribution < 1.29 is 23.6 Å². The van der Waals surface area contributed by atoms with Gasteiger partial charge in [-0.15, -0.1) is 11.3 Å². The van der Waals surface area contributed by atoms with Gasteiger partial charge in [-0.25, -0.2) is 0 Å². The van der Waals surface area contributed by atoms with E-state index in [1.54, 1.807) is 0 Å². The van der Waals surface area contributed by atoms with Crippen molar-refractivity contribution in [3.63, 3.8) is 0 Å². The molecule has 94 valence electrons. The minimum atomic E-state index is -0.359. The van der Waals surface area contributed by atoms with Crippen LogP contribution in [-0.2, 0) is 0 Å². The molecule has 18 heavy (non-hydrogen) atoms. The molecular formula is C15H22LiOP. The zero-order chi connectivity index (χ0) is 12.8. The van der Waals surface area contributed by atoms with E-state index in [1.165, 1.54) is 11.1 Å². The van der Waals surface area contributed by atoms with Crippen LogP contribution in [0.25, 0.3) is 0 Å². The third kappa shape index (κ3) is 2.96. The molecule has 1 aromatic rings. The Balaban J connectivity index is 0.00000162. The number of para-hydroxylation sites is 1. The van der Waals surface area contributed by atoms with E-state index in [4.69, 9.17) is 4.74 Å². The fourth-order valence-corrected chi connectivity index (χ4v) is 5.13. The van der Waals surface area contributed by atoms with Crippen LogP contribution in [0.15, 0.2) is 24.3 Å². The average Bonchev–Trinajstić information content (AvgIpc) is 2.54. The summed E-state index contributed by atoms with van der Waals surface area (Å²) in [6, 6.07) is 8.50. The Bertz CT molecular complexity index is 417. The van der Waals surface area contributed by atoms with Gasteiger partial charge in [0.25, 0.3) is 0 Å². The van der Waals surface area contributed by atoms with E-state index in [2.05, 4.69) is 65.8 Å². The molecule has 0 aliphatic carbocycles. The molecule has 3 heteroatoms. The minimum absolute atomic E-state index is 0. The van der Waals surface area contributed by atoms with Crippen LogP contribution in [0.4, 0.5) is 0 Å². The number of fused-ring (bicyclic) bond motifs is 1. The molecule has 0 spiro atoms. The third-order valence-electron chi connectivity index (χ3n) is 2.83. The number of hydrogen-bond donors (Lipinski definition) is 0. The van der Waals surface area contributed by atoms with Crippen molar-refractivity contribution >= 4 is 13.2 Å². The second kappa shape index (κ2) is 5.20. The van der Waals surface area contributed by atoms with Gasteiger partial charge >= 0.3 is 18.9 Å². The molecule has 0 fully saturated rings. The van der Waals surface area contributed by atoms with Gasteiger partial charge in [-0.1, -0.05) is 59.7 Å². The van der Waals surface area contributed by atoms with Gasteiger partial charge < -0.3 is 4.74 Å². The van der Waals surface area contributed by atoms with Crippen LogP contribution in [0.5, 0.6) is 5.75 Å². The van der Waals surface area contributed by atoms with Crippen molar-refractivity contribution in [1.82, 2.24) is 0 Å². The summed E-state index contributed by atoms with van der Waals surface area (Å²) in [7, 11) is -0.359. The molecule has 1 nitrogen and oxygen atoms in total. The average molecular weight is 256 g/mol. The van der Waals surface area contributed by atoms with Crippen LogP contribution in [0.1, 0.15) is 41.5 Å². The molecule has 0 aromatic heterocycles. The van der Waals surface area contributed by atoms with E-state index >= 15 is 0 Å². The Hall–Kier alpha value is 0.0474. The Labute approximate surface area is 125 Å². The number of hydrogen-bond acceptors (Lipinski definition) is 1. The molecule has 1 aliphatic rings. The molecule has 1 aromatic carbocycles. The SMILES string of the molecule is CC(C)(C)[C-]1Oc2ccccc2P1C(C)(C)C.[Li+]. The van der Waals surface area contributed by atoms with Crippen molar-refractivity contribution in [2.24, 2.45) is 5.41 Å². The first-order valence-corrected chi connectivity index (χ1v) is 7.50. The van der Waals surface area contributed by atoms with Gasteiger partial charge in [-0.05, 0) is 16.5 Å². The predicted molar refractivity (Wildman–Crippen MR) is 76.1 cm³/mol. The van der Waals surface area contributed by atoms with Gasteiger partial charge in [0.05, 0.1) is 5.75 Å². The summed E-state index contributed by atoms with van der Waals surface area (Å²) in [5, 5.41) is 1.66. The Morgan fingerprint density at radius 3 is 2.06 bits per heavy atom. The number of rotatable bonds is 0. The van der Waals surface area contributed by atoms with Crippen LogP contribution >= 0.6 is 7.92 Å². The van der Waals surface area contributed by atoms with Crippen LogP contribution in [-0.4, -0.2) is 5.16 Å². The molecular weight excluding hydrogens is 234 g/mol. The molecule has 2 rings (SSSR count). The zero-order valence-corrected chi connectivity index (χ0v) is 13.6. The van der Waals surface area contributed by atoms with Gasteiger partial charge in [-0.2, -0.15) is 7.92 Å². The van der Waals surface area contributed by atoms with E-state index < -0.39 is 0 Å². The van der Waals surface area contributed by atoms with E-state index in [1.807, 2.05) is 0 Å². The smallest absolute Gasteiger partial charge is 0.653 e. The maximum atomic E-state index is 6.16. The van der Waals surface area contributed by atoms with Gasteiger partial charge in [-0.3, -0.25) is 0 Å². The van der Waals surface area contributed by atoms with Gasteiger partial charge in [0.15, 0.2) is 0 Å². The van der Waals surface area contributed by atoms with Crippen molar-refractivity contribution in [1.29, 1.82) is 0 Å². The summed E-state index contributed by atoms with van der Waals surface area (Å²) in [5.74, 6) is 2.33. The third-order valence-corrected chi connectivity index (χ3v) is 6.19. The largest absolute Gasteiger partial charge is 1.00 e. The van der Waals surface area contributed by atoms with E-state index in [-0.39, 0.29) is 37.4 Å². The normalized spacial score (nSPS) is 20.0. The molecule has 0 bridgehead atoms. The fourth-order valence-electron chi connectivity index (χ4n) is 2.14. The van der Waals surface area contributed by atoms with Crippen molar-refractivity contribution in [2.75, 3.05) is 0 Å². The van der Waals surface area contributed by atoms with Gasteiger partial charge in [0, 0.05) is 0 Å². The Kier molecular flexibility index (Phi) is 4.65. The number of ether oxygens (including phenoxy) is 1. The van der Waals surface area contributed by atoms with E-state index in [0.717, 1.165) is 5.75 Å². The van der Waals surface area contributed by atoms with Crippen LogP contribution in [0, 0.1) is 11.3 Å². The second-order valence-corrected chi connectivity index (χ2v) is 9.53. The summed E-state index contributed by atoms with van der Waals surface area (Å²) >= 11 is 0. The van der Waals surface area contributed by atoms with Crippen LogP contribution in [0.2, 0.25) is 0 Å². The molecule has 0 saturated carbocycles. The Morgan fingerprint density at radius 1 is 1.00 bits per heavy atom. The van der Waals surface area contributed by atoms with Gasteiger partial charge in [0.1, 0.15) is 0 Å². The maximum Gasteiger partial charge on any atom is 1.00 e.